The van der Waals surface area contributed by atoms with E-state index in [-0.39, 0.29) is 5.76 Å². The Bertz CT molecular complexity index is 527. The molecule has 0 aliphatic carbocycles. The van der Waals surface area contributed by atoms with Crippen molar-refractivity contribution in [1.29, 1.82) is 0 Å². The molecule has 0 heterocycles. The summed E-state index contributed by atoms with van der Waals surface area (Å²) in [6, 6.07) is 18.1. The third kappa shape index (κ3) is 2.42. The molecule has 2 nitrogen and oxygen atoms in total. The van der Waals surface area contributed by atoms with Gasteiger partial charge in [-0.1, -0.05) is 60.7 Å². The summed E-state index contributed by atoms with van der Waals surface area (Å²) in [6.45, 7) is 0. The standard InChI is InChI=1S/C15H12O2/c16-11-14(12-7-3-1-4-8-12)15(17)13-9-5-2-6-10-13/h1-11,17H/b15-14+. The minimum absolute atomic E-state index is 0.00630. The second-order valence-corrected chi connectivity index (χ2v) is 3.61. The van der Waals surface area contributed by atoms with Crippen molar-refractivity contribution in [3.63, 3.8) is 0 Å². The molecule has 0 radical (unpaired) electrons. The number of hydrogen-bond acceptors (Lipinski definition) is 2. The van der Waals surface area contributed by atoms with Gasteiger partial charge in [-0.25, -0.2) is 0 Å². The summed E-state index contributed by atoms with van der Waals surface area (Å²) >= 11 is 0. The number of rotatable bonds is 3. The van der Waals surface area contributed by atoms with Crippen LogP contribution in [0, 0.1) is 0 Å². The molecule has 0 fully saturated rings. The molecule has 2 aromatic rings. The van der Waals surface area contributed by atoms with Crippen molar-refractivity contribution >= 4 is 17.6 Å². The van der Waals surface area contributed by atoms with Crippen LogP contribution < -0.4 is 0 Å². The van der Waals surface area contributed by atoms with Crippen molar-refractivity contribution in [3.8, 4) is 0 Å². The van der Waals surface area contributed by atoms with Crippen LogP contribution in [0.25, 0.3) is 11.3 Å². The van der Waals surface area contributed by atoms with E-state index in [4.69, 9.17) is 0 Å². The zero-order chi connectivity index (χ0) is 12.1. The van der Waals surface area contributed by atoms with Crippen LogP contribution in [0.2, 0.25) is 0 Å². The van der Waals surface area contributed by atoms with Gasteiger partial charge >= 0.3 is 0 Å². The van der Waals surface area contributed by atoms with E-state index in [2.05, 4.69) is 0 Å². The second-order valence-electron chi connectivity index (χ2n) is 3.61. The topological polar surface area (TPSA) is 37.3 Å². The molecule has 84 valence electrons. The van der Waals surface area contributed by atoms with Crippen LogP contribution in [0.1, 0.15) is 11.1 Å². The number of allylic oxidation sites excluding steroid dienone is 1. The van der Waals surface area contributed by atoms with Gasteiger partial charge in [0.1, 0.15) is 5.76 Å². The average Bonchev–Trinajstić information content (AvgIpc) is 2.42. The normalized spacial score (nSPS) is 11.8. The molecule has 2 rings (SSSR count). The molecule has 2 heteroatoms. The molecule has 0 spiro atoms. The van der Waals surface area contributed by atoms with Gasteiger partial charge in [0.15, 0.2) is 6.29 Å². The van der Waals surface area contributed by atoms with E-state index >= 15 is 0 Å². The second kappa shape index (κ2) is 5.12. The van der Waals surface area contributed by atoms with Gasteiger partial charge in [-0.15, -0.1) is 0 Å². The fourth-order valence-corrected chi connectivity index (χ4v) is 1.63. The minimum atomic E-state index is 0.00630. The lowest BCUT2D eigenvalue weighted by Gasteiger charge is -2.05. The Morgan fingerprint density at radius 2 is 1.29 bits per heavy atom. The van der Waals surface area contributed by atoms with Gasteiger partial charge in [-0.2, -0.15) is 0 Å². The molecular weight excluding hydrogens is 212 g/mol. The molecule has 0 amide bonds. The van der Waals surface area contributed by atoms with Crippen LogP contribution in [0.15, 0.2) is 60.7 Å². The molecule has 2 aromatic carbocycles. The van der Waals surface area contributed by atoms with Crippen molar-refractivity contribution in [3.05, 3.63) is 71.8 Å². The summed E-state index contributed by atoms with van der Waals surface area (Å²) in [5.74, 6) is 0.00630. The maximum Gasteiger partial charge on any atom is 0.154 e. The maximum absolute atomic E-state index is 11.1. The van der Waals surface area contributed by atoms with Crippen LogP contribution >= 0.6 is 0 Å². The third-order valence-corrected chi connectivity index (χ3v) is 2.50. The highest BCUT2D eigenvalue weighted by Gasteiger charge is 2.08. The van der Waals surface area contributed by atoms with Crippen LogP contribution in [0.3, 0.4) is 0 Å². The first-order valence-electron chi connectivity index (χ1n) is 5.32. The van der Waals surface area contributed by atoms with Crippen molar-refractivity contribution in [1.82, 2.24) is 0 Å². The van der Waals surface area contributed by atoms with E-state index in [1.165, 1.54) is 0 Å². The number of aliphatic hydroxyl groups excluding tert-OH is 1. The molecule has 0 saturated heterocycles. The lowest BCUT2D eigenvalue weighted by molar-refractivity contribution is -0.103. The average molecular weight is 224 g/mol. The Morgan fingerprint density at radius 1 is 0.824 bits per heavy atom. The predicted octanol–water partition coefficient (Wildman–Crippen LogP) is 3.31. The van der Waals surface area contributed by atoms with Gasteiger partial charge in [0, 0.05) is 5.56 Å². The Labute approximate surface area is 99.8 Å². The molecule has 0 aliphatic rings. The van der Waals surface area contributed by atoms with Crippen LogP contribution in [-0.4, -0.2) is 11.4 Å². The zero-order valence-electron chi connectivity index (χ0n) is 9.21. The number of carbonyl (C=O) groups excluding carboxylic acids is 1. The summed E-state index contributed by atoms with van der Waals surface area (Å²) < 4.78 is 0. The van der Waals surface area contributed by atoms with Crippen molar-refractivity contribution in [2.75, 3.05) is 0 Å². The van der Waals surface area contributed by atoms with Crippen LogP contribution in [0.5, 0.6) is 0 Å². The largest absolute Gasteiger partial charge is 0.507 e. The van der Waals surface area contributed by atoms with Gasteiger partial charge in [0.05, 0.1) is 5.57 Å². The van der Waals surface area contributed by atoms with E-state index in [1.54, 1.807) is 24.3 Å². The van der Waals surface area contributed by atoms with Crippen LogP contribution in [-0.2, 0) is 4.79 Å². The first-order valence-corrected chi connectivity index (χ1v) is 5.32. The Balaban J connectivity index is 2.52. The van der Waals surface area contributed by atoms with Crippen molar-refractivity contribution in [2.24, 2.45) is 0 Å². The number of hydrogen-bond donors (Lipinski definition) is 1. The van der Waals surface area contributed by atoms with E-state index in [1.807, 2.05) is 36.4 Å². The van der Waals surface area contributed by atoms with E-state index < -0.39 is 0 Å². The molecule has 0 aromatic heterocycles. The lowest BCUT2D eigenvalue weighted by Crippen LogP contribution is -1.92. The fraction of sp³-hybridized carbons (Fsp3) is 0. The highest BCUT2D eigenvalue weighted by molar-refractivity contribution is 6.15. The number of carbonyl (C=O) groups is 1. The monoisotopic (exact) mass is 224 g/mol. The Hall–Kier alpha value is -2.35. The Morgan fingerprint density at radius 3 is 1.76 bits per heavy atom. The molecule has 0 saturated carbocycles. The van der Waals surface area contributed by atoms with Gasteiger partial charge < -0.3 is 5.11 Å². The van der Waals surface area contributed by atoms with Gasteiger partial charge in [-0.05, 0) is 5.56 Å². The highest BCUT2D eigenvalue weighted by atomic mass is 16.3. The highest BCUT2D eigenvalue weighted by Crippen LogP contribution is 2.22. The SMILES string of the molecule is O=C/C(=C(\O)c1ccccc1)c1ccccc1. The van der Waals surface area contributed by atoms with Gasteiger partial charge in [-0.3, -0.25) is 4.79 Å². The minimum Gasteiger partial charge on any atom is -0.507 e. The number of aliphatic hydroxyl groups is 1. The molecule has 17 heavy (non-hydrogen) atoms. The lowest BCUT2D eigenvalue weighted by atomic mass is 10.0. The van der Waals surface area contributed by atoms with Crippen LogP contribution in [0.4, 0.5) is 0 Å². The van der Waals surface area contributed by atoms with E-state index in [9.17, 15) is 9.90 Å². The molecule has 0 atom stereocenters. The Kier molecular flexibility index (Phi) is 3.36. The first-order chi connectivity index (χ1) is 8.33. The number of aldehydes is 1. The summed E-state index contributed by atoms with van der Waals surface area (Å²) in [6.07, 6.45) is 0.678. The third-order valence-electron chi connectivity index (χ3n) is 2.50. The molecule has 0 unspecified atom stereocenters. The maximum atomic E-state index is 11.1. The van der Waals surface area contributed by atoms with E-state index in [0.29, 0.717) is 23.0 Å². The predicted molar refractivity (Wildman–Crippen MR) is 68.4 cm³/mol. The molecule has 0 aliphatic heterocycles. The molecular formula is C15H12O2. The number of benzene rings is 2. The first kappa shape index (κ1) is 11.1. The quantitative estimate of drug-likeness (QED) is 0.376. The molecule has 1 N–H and O–H groups in total. The van der Waals surface area contributed by atoms with Gasteiger partial charge in [0.2, 0.25) is 0 Å². The summed E-state index contributed by atoms with van der Waals surface area (Å²) in [4.78, 5) is 11.1. The van der Waals surface area contributed by atoms with Gasteiger partial charge in [0.25, 0.3) is 0 Å². The summed E-state index contributed by atoms with van der Waals surface area (Å²) in [5, 5.41) is 10.1. The summed E-state index contributed by atoms with van der Waals surface area (Å²) in [7, 11) is 0. The smallest absolute Gasteiger partial charge is 0.154 e. The summed E-state index contributed by atoms with van der Waals surface area (Å²) in [5.41, 5.74) is 1.65. The fourth-order valence-electron chi connectivity index (χ4n) is 1.63. The molecule has 0 bridgehead atoms. The zero-order valence-corrected chi connectivity index (χ0v) is 9.21. The van der Waals surface area contributed by atoms with E-state index in [0.717, 1.165) is 0 Å². The van der Waals surface area contributed by atoms with Crippen molar-refractivity contribution < 1.29 is 9.90 Å². The van der Waals surface area contributed by atoms with Crippen molar-refractivity contribution in [2.45, 2.75) is 0 Å².